The summed E-state index contributed by atoms with van der Waals surface area (Å²) in [6.07, 6.45) is 6.36. The molecular formula is C14H23N3O. The molecule has 0 aliphatic heterocycles. The average molecular weight is 249 g/mol. The van der Waals surface area contributed by atoms with E-state index in [1.54, 1.807) is 6.07 Å². The zero-order chi connectivity index (χ0) is 13.4. The van der Waals surface area contributed by atoms with Crippen molar-refractivity contribution in [2.24, 2.45) is 0 Å². The first-order valence-electron chi connectivity index (χ1n) is 6.74. The number of amides is 1. The van der Waals surface area contributed by atoms with E-state index in [2.05, 4.69) is 22.2 Å². The van der Waals surface area contributed by atoms with Gasteiger partial charge in [0.1, 0.15) is 11.6 Å². The number of aromatic nitrogens is 2. The van der Waals surface area contributed by atoms with Crippen LogP contribution in [0.15, 0.2) is 6.07 Å². The number of carbonyl (C=O) groups is 1. The Labute approximate surface area is 109 Å². The van der Waals surface area contributed by atoms with E-state index < -0.39 is 0 Å². The van der Waals surface area contributed by atoms with Gasteiger partial charge >= 0.3 is 0 Å². The number of hydrogen-bond donors (Lipinski definition) is 1. The third-order valence-corrected chi connectivity index (χ3v) is 2.74. The minimum Gasteiger partial charge on any atom is -0.311 e. The smallest absolute Gasteiger partial charge is 0.225 e. The zero-order valence-electron chi connectivity index (χ0n) is 11.6. The van der Waals surface area contributed by atoms with E-state index in [-0.39, 0.29) is 5.91 Å². The first kappa shape index (κ1) is 14.6. The van der Waals surface area contributed by atoms with Gasteiger partial charge in [0.25, 0.3) is 0 Å². The number of hydrogen-bond acceptors (Lipinski definition) is 3. The highest BCUT2D eigenvalue weighted by molar-refractivity contribution is 5.89. The van der Waals surface area contributed by atoms with E-state index in [0.29, 0.717) is 18.1 Å². The normalized spacial score (nSPS) is 10.4. The van der Waals surface area contributed by atoms with Crippen LogP contribution in [0.25, 0.3) is 0 Å². The van der Waals surface area contributed by atoms with Crippen LogP contribution in [-0.2, 0) is 4.79 Å². The minimum absolute atomic E-state index is 0.0454. The van der Waals surface area contributed by atoms with Crippen LogP contribution in [0.3, 0.4) is 0 Å². The van der Waals surface area contributed by atoms with Crippen LogP contribution < -0.4 is 5.32 Å². The van der Waals surface area contributed by atoms with E-state index in [1.165, 1.54) is 19.3 Å². The lowest BCUT2D eigenvalue weighted by Crippen LogP contribution is -2.13. The molecule has 4 heteroatoms. The van der Waals surface area contributed by atoms with E-state index >= 15 is 0 Å². The zero-order valence-corrected chi connectivity index (χ0v) is 11.6. The molecule has 1 rings (SSSR count). The van der Waals surface area contributed by atoms with Gasteiger partial charge < -0.3 is 5.32 Å². The van der Waals surface area contributed by atoms with E-state index in [0.717, 1.165) is 18.5 Å². The molecule has 1 N–H and O–H groups in total. The molecule has 0 aliphatic carbocycles. The summed E-state index contributed by atoms with van der Waals surface area (Å²) in [5, 5.41) is 2.82. The van der Waals surface area contributed by atoms with Crippen molar-refractivity contribution in [3.8, 4) is 0 Å². The molecule has 0 bridgehead atoms. The predicted molar refractivity (Wildman–Crippen MR) is 73.5 cm³/mol. The Morgan fingerprint density at radius 2 is 1.89 bits per heavy atom. The second-order valence-electron chi connectivity index (χ2n) is 4.65. The van der Waals surface area contributed by atoms with E-state index in [9.17, 15) is 4.79 Å². The molecule has 1 heterocycles. The second kappa shape index (κ2) is 7.80. The van der Waals surface area contributed by atoms with Crippen LogP contribution in [0.1, 0.15) is 57.0 Å². The quantitative estimate of drug-likeness (QED) is 0.753. The lowest BCUT2D eigenvalue weighted by Gasteiger charge is -2.06. The summed E-state index contributed by atoms with van der Waals surface area (Å²) in [7, 11) is 0. The van der Waals surface area contributed by atoms with Gasteiger partial charge in [0.15, 0.2) is 0 Å². The Balaban J connectivity index is 2.31. The molecule has 1 amide bonds. The summed E-state index contributed by atoms with van der Waals surface area (Å²) in [4.78, 5) is 20.1. The molecule has 0 saturated carbocycles. The Bertz CT molecular complexity index is 370. The fourth-order valence-corrected chi connectivity index (χ4v) is 1.88. The maximum absolute atomic E-state index is 11.7. The Kier molecular flexibility index (Phi) is 6.33. The fourth-order valence-electron chi connectivity index (χ4n) is 1.88. The Morgan fingerprint density at radius 1 is 1.17 bits per heavy atom. The van der Waals surface area contributed by atoms with Crippen LogP contribution in [0.4, 0.5) is 5.82 Å². The second-order valence-corrected chi connectivity index (χ2v) is 4.65. The largest absolute Gasteiger partial charge is 0.311 e. The van der Waals surface area contributed by atoms with Gasteiger partial charge in [0.05, 0.1) is 0 Å². The summed E-state index contributed by atoms with van der Waals surface area (Å²) < 4.78 is 0. The van der Waals surface area contributed by atoms with Gasteiger partial charge in [-0.05, 0) is 20.3 Å². The Morgan fingerprint density at radius 3 is 2.56 bits per heavy atom. The molecule has 0 atom stereocenters. The molecule has 0 unspecified atom stereocenters. The SMILES string of the molecule is CCCCCCCC(=O)Nc1cc(C)nc(C)n1. The number of carbonyl (C=O) groups excluding carboxylic acids is 1. The van der Waals surface area contributed by atoms with Crippen molar-refractivity contribution in [1.82, 2.24) is 9.97 Å². The molecule has 18 heavy (non-hydrogen) atoms. The number of nitrogens with zero attached hydrogens (tertiary/aromatic N) is 2. The van der Waals surface area contributed by atoms with Gasteiger partial charge in [0.2, 0.25) is 5.91 Å². The first-order valence-corrected chi connectivity index (χ1v) is 6.74. The van der Waals surface area contributed by atoms with E-state index in [1.807, 2.05) is 13.8 Å². The van der Waals surface area contributed by atoms with Crippen molar-refractivity contribution in [1.29, 1.82) is 0 Å². The van der Waals surface area contributed by atoms with Crippen molar-refractivity contribution >= 4 is 11.7 Å². The van der Waals surface area contributed by atoms with Crippen LogP contribution >= 0.6 is 0 Å². The Hall–Kier alpha value is -1.45. The van der Waals surface area contributed by atoms with Crippen molar-refractivity contribution in [2.75, 3.05) is 5.32 Å². The molecule has 1 aromatic heterocycles. The summed E-state index contributed by atoms with van der Waals surface area (Å²) in [5.41, 5.74) is 0.876. The van der Waals surface area contributed by atoms with Crippen LogP contribution in [0.2, 0.25) is 0 Å². The van der Waals surface area contributed by atoms with Gasteiger partial charge in [-0.2, -0.15) is 0 Å². The summed E-state index contributed by atoms with van der Waals surface area (Å²) in [6, 6.07) is 1.79. The third-order valence-electron chi connectivity index (χ3n) is 2.74. The highest BCUT2D eigenvalue weighted by Crippen LogP contribution is 2.09. The molecule has 0 spiro atoms. The lowest BCUT2D eigenvalue weighted by molar-refractivity contribution is -0.116. The minimum atomic E-state index is 0.0454. The molecule has 0 aliphatic rings. The monoisotopic (exact) mass is 249 g/mol. The van der Waals surface area contributed by atoms with Crippen LogP contribution in [0.5, 0.6) is 0 Å². The average Bonchev–Trinajstić information content (AvgIpc) is 2.27. The number of unbranched alkanes of at least 4 members (excludes halogenated alkanes) is 4. The van der Waals surface area contributed by atoms with Crippen molar-refractivity contribution in [2.45, 2.75) is 59.3 Å². The maximum atomic E-state index is 11.7. The van der Waals surface area contributed by atoms with Crippen LogP contribution in [-0.4, -0.2) is 15.9 Å². The molecule has 0 saturated heterocycles. The van der Waals surface area contributed by atoms with Crippen molar-refractivity contribution in [3.05, 3.63) is 17.6 Å². The van der Waals surface area contributed by atoms with Crippen LogP contribution in [0, 0.1) is 13.8 Å². The fraction of sp³-hybridized carbons (Fsp3) is 0.643. The number of rotatable bonds is 7. The van der Waals surface area contributed by atoms with Crippen molar-refractivity contribution in [3.63, 3.8) is 0 Å². The van der Waals surface area contributed by atoms with Gasteiger partial charge in [-0.15, -0.1) is 0 Å². The van der Waals surface area contributed by atoms with Gasteiger partial charge in [-0.3, -0.25) is 4.79 Å². The number of aryl methyl sites for hydroxylation is 2. The third kappa shape index (κ3) is 5.75. The standard InChI is InChI=1S/C14H23N3O/c1-4-5-6-7-8-9-14(18)17-13-10-11(2)15-12(3)16-13/h10H,4-9H2,1-3H3,(H,15,16,17,18). The van der Waals surface area contributed by atoms with Gasteiger partial charge in [0, 0.05) is 18.2 Å². The molecule has 0 radical (unpaired) electrons. The van der Waals surface area contributed by atoms with E-state index in [4.69, 9.17) is 0 Å². The predicted octanol–water partition coefficient (Wildman–Crippen LogP) is 3.39. The molecule has 100 valence electrons. The first-order chi connectivity index (χ1) is 8.61. The lowest BCUT2D eigenvalue weighted by atomic mass is 10.1. The highest BCUT2D eigenvalue weighted by Gasteiger charge is 2.04. The summed E-state index contributed by atoms with van der Waals surface area (Å²) in [6.45, 7) is 5.91. The summed E-state index contributed by atoms with van der Waals surface area (Å²) in [5.74, 6) is 1.34. The molecular weight excluding hydrogens is 226 g/mol. The van der Waals surface area contributed by atoms with Gasteiger partial charge in [-0.25, -0.2) is 9.97 Å². The van der Waals surface area contributed by atoms with Crippen molar-refractivity contribution < 1.29 is 4.79 Å². The molecule has 1 aromatic rings. The summed E-state index contributed by atoms with van der Waals surface area (Å²) >= 11 is 0. The molecule has 4 nitrogen and oxygen atoms in total. The van der Waals surface area contributed by atoms with Gasteiger partial charge in [-0.1, -0.05) is 32.6 Å². The highest BCUT2D eigenvalue weighted by atomic mass is 16.1. The molecule has 0 aromatic carbocycles. The number of nitrogens with one attached hydrogen (secondary N) is 1. The maximum Gasteiger partial charge on any atom is 0.225 e. The molecule has 0 fully saturated rings. The number of anilines is 1. The topological polar surface area (TPSA) is 54.9 Å².